The van der Waals surface area contributed by atoms with Crippen LogP contribution in [0.3, 0.4) is 0 Å². The minimum Gasteiger partial charge on any atom is -0.394 e. The van der Waals surface area contributed by atoms with Gasteiger partial charge in [-0.2, -0.15) is 0 Å². The Kier molecular flexibility index (Phi) is 7.53. The first kappa shape index (κ1) is 19.2. The van der Waals surface area contributed by atoms with Crippen LogP contribution in [-0.2, 0) is 12.8 Å². The molecule has 4 N–H and O–H groups in total. The second kappa shape index (κ2) is 9.40. The molecule has 2 rings (SSSR count). The summed E-state index contributed by atoms with van der Waals surface area (Å²) in [5, 5.41) is 18.8. The van der Waals surface area contributed by atoms with Crippen molar-refractivity contribution in [3.8, 4) is 0 Å². The molecule has 0 radical (unpaired) electrons. The van der Waals surface area contributed by atoms with Crippen LogP contribution in [0.25, 0.3) is 0 Å². The standard InChI is InChI=1S/C20H34N2O2/c1-2-3-4-5-6-7-8-17-9-10-19-18(13-17)11-12-22(19)14-20(21,15-23)16-24/h9-10,13,23-24H,2-8,11-12,14-16,21H2,1H3. The molecule has 4 heteroatoms. The first-order valence-corrected chi connectivity index (χ1v) is 9.49. The molecule has 136 valence electrons. The van der Waals surface area contributed by atoms with E-state index in [0.29, 0.717) is 6.54 Å². The van der Waals surface area contributed by atoms with E-state index < -0.39 is 5.54 Å². The summed E-state index contributed by atoms with van der Waals surface area (Å²) in [6.45, 7) is 3.25. The molecule has 0 bridgehead atoms. The van der Waals surface area contributed by atoms with Gasteiger partial charge in [0.05, 0.1) is 18.8 Å². The van der Waals surface area contributed by atoms with Crippen LogP contribution in [0.4, 0.5) is 5.69 Å². The summed E-state index contributed by atoms with van der Waals surface area (Å²) in [7, 11) is 0. The van der Waals surface area contributed by atoms with Gasteiger partial charge in [-0.1, -0.05) is 51.2 Å². The lowest BCUT2D eigenvalue weighted by atomic mass is 10.0. The lowest BCUT2D eigenvalue weighted by Gasteiger charge is -2.31. The fourth-order valence-corrected chi connectivity index (χ4v) is 3.48. The van der Waals surface area contributed by atoms with E-state index in [2.05, 4.69) is 30.0 Å². The van der Waals surface area contributed by atoms with E-state index in [4.69, 9.17) is 5.73 Å². The summed E-state index contributed by atoms with van der Waals surface area (Å²) in [5.41, 5.74) is 9.11. The van der Waals surface area contributed by atoms with Crippen molar-refractivity contribution in [3.63, 3.8) is 0 Å². The van der Waals surface area contributed by atoms with Gasteiger partial charge in [0.25, 0.3) is 0 Å². The number of anilines is 1. The van der Waals surface area contributed by atoms with Crippen LogP contribution in [0.1, 0.15) is 56.6 Å². The lowest BCUT2D eigenvalue weighted by Crippen LogP contribution is -2.55. The van der Waals surface area contributed by atoms with Gasteiger partial charge in [0, 0.05) is 18.8 Å². The highest BCUT2D eigenvalue weighted by Crippen LogP contribution is 2.30. The van der Waals surface area contributed by atoms with E-state index in [1.165, 1.54) is 55.3 Å². The van der Waals surface area contributed by atoms with Crippen LogP contribution in [0.15, 0.2) is 18.2 Å². The maximum absolute atomic E-state index is 9.40. The van der Waals surface area contributed by atoms with E-state index in [-0.39, 0.29) is 13.2 Å². The molecule has 4 nitrogen and oxygen atoms in total. The third kappa shape index (κ3) is 5.20. The van der Waals surface area contributed by atoms with Crippen molar-refractivity contribution in [2.24, 2.45) is 5.73 Å². The molecule has 1 aliphatic heterocycles. The predicted molar refractivity (Wildman–Crippen MR) is 101 cm³/mol. The number of nitrogens with zero attached hydrogens (tertiary/aromatic N) is 1. The first-order valence-electron chi connectivity index (χ1n) is 9.49. The number of aliphatic hydroxyl groups is 2. The number of aryl methyl sites for hydroxylation is 1. The molecule has 1 aromatic carbocycles. The quantitative estimate of drug-likeness (QED) is 0.544. The Bertz CT molecular complexity index is 500. The molecule has 0 fully saturated rings. The van der Waals surface area contributed by atoms with Gasteiger partial charge in [-0.25, -0.2) is 0 Å². The van der Waals surface area contributed by atoms with Crippen molar-refractivity contribution < 1.29 is 10.2 Å². The molecule has 1 aromatic rings. The Labute approximate surface area is 146 Å². The number of aliphatic hydroxyl groups excluding tert-OH is 2. The number of rotatable bonds is 11. The lowest BCUT2D eigenvalue weighted by molar-refractivity contribution is 0.125. The molecule has 0 saturated carbocycles. The van der Waals surface area contributed by atoms with Gasteiger partial charge in [-0.15, -0.1) is 0 Å². The number of hydrogen-bond donors (Lipinski definition) is 3. The molecule has 0 aromatic heterocycles. The van der Waals surface area contributed by atoms with Gasteiger partial charge in [-0.3, -0.25) is 0 Å². The minimum absolute atomic E-state index is 0.203. The van der Waals surface area contributed by atoms with E-state index in [1.54, 1.807) is 0 Å². The average molecular weight is 335 g/mol. The zero-order valence-electron chi connectivity index (χ0n) is 15.1. The monoisotopic (exact) mass is 334 g/mol. The third-order valence-corrected chi connectivity index (χ3v) is 5.09. The minimum atomic E-state index is -0.932. The fraction of sp³-hybridized carbons (Fsp3) is 0.700. The second-order valence-corrected chi connectivity index (χ2v) is 7.33. The highest BCUT2D eigenvalue weighted by molar-refractivity contribution is 5.59. The van der Waals surface area contributed by atoms with Gasteiger partial charge in [-0.05, 0) is 36.5 Å². The van der Waals surface area contributed by atoms with Crippen LogP contribution in [0, 0.1) is 0 Å². The van der Waals surface area contributed by atoms with Crippen LogP contribution in [0.5, 0.6) is 0 Å². The van der Waals surface area contributed by atoms with Crippen molar-refractivity contribution in [3.05, 3.63) is 29.3 Å². The Balaban J connectivity index is 1.86. The van der Waals surface area contributed by atoms with Gasteiger partial charge in [0.15, 0.2) is 0 Å². The van der Waals surface area contributed by atoms with Gasteiger partial charge >= 0.3 is 0 Å². The highest BCUT2D eigenvalue weighted by Gasteiger charge is 2.29. The first-order chi connectivity index (χ1) is 11.6. The summed E-state index contributed by atoms with van der Waals surface area (Å²) in [6, 6.07) is 6.74. The third-order valence-electron chi connectivity index (χ3n) is 5.09. The molecule has 1 heterocycles. The smallest absolute Gasteiger partial charge is 0.0800 e. The summed E-state index contributed by atoms with van der Waals surface area (Å²) in [4.78, 5) is 2.19. The SMILES string of the molecule is CCCCCCCCc1ccc2c(c1)CCN2CC(N)(CO)CO. The summed E-state index contributed by atoms with van der Waals surface area (Å²) < 4.78 is 0. The largest absolute Gasteiger partial charge is 0.394 e. The van der Waals surface area contributed by atoms with Crippen molar-refractivity contribution >= 4 is 5.69 Å². The Morgan fingerprint density at radius 1 is 1.08 bits per heavy atom. The predicted octanol–water partition coefficient (Wildman–Crippen LogP) is 2.63. The molecule has 0 amide bonds. The molecule has 0 atom stereocenters. The molecular weight excluding hydrogens is 300 g/mol. The number of benzene rings is 1. The second-order valence-electron chi connectivity index (χ2n) is 7.33. The van der Waals surface area contributed by atoms with Crippen molar-refractivity contribution in [1.29, 1.82) is 0 Å². The fourth-order valence-electron chi connectivity index (χ4n) is 3.48. The molecule has 24 heavy (non-hydrogen) atoms. The van der Waals surface area contributed by atoms with Gasteiger partial charge in [0.2, 0.25) is 0 Å². The summed E-state index contributed by atoms with van der Waals surface area (Å²) >= 11 is 0. The summed E-state index contributed by atoms with van der Waals surface area (Å²) in [5.74, 6) is 0. The molecular formula is C20H34N2O2. The topological polar surface area (TPSA) is 69.7 Å². The Morgan fingerprint density at radius 2 is 1.79 bits per heavy atom. The van der Waals surface area contributed by atoms with E-state index >= 15 is 0 Å². The van der Waals surface area contributed by atoms with Crippen LogP contribution in [-0.4, -0.2) is 42.1 Å². The number of nitrogens with two attached hydrogens (primary N) is 1. The van der Waals surface area contributed by atoms with E-state index in [1.807, 2.05) is 0 Å². The maximum Gasteiger partial charge on any atom is 0.0800 e. The average Bonchev–Trinajstić information content (AvgIpc) is 3.00. The Hall–Kier alpha value is -1.10. The highest BCUT2D eigenvalue weighted by atomic mass is 16.3. The van der Waals surface area contributed by atoms with Crippen molar-refractivity contribution in [2.45, 2.75) is 63.8 Å². The zero-order chi connectivity index (χ0) is 17.4. The van der Waals surface area contributed by atoms with E-state index in [0.717, 1.165) is 19.4 Å². The van der Waals surface area contributed by atoms with Crippen LogP contribution >= 0.6 is 0 Å². The van der Waals surface area contributed by atoms with Crippen molar-refractivity contribution in [1.82, 2.24) is 0 Å². The number of fused-ring (bicyclic) bond motifs is 1. The summed E-state index contributed by atoms with van der Waals surface area (Å²) in [6.07, 6.45) is 10.2. The maximum atomic E-state index is 9.40. The molecule has 0 spiro atoms. The Morgan fingerprint density at radius 3 is 2.50 bits per heavy atom. The molecule has 0 unspecified atom stereocenters. The van der Waals surface area contributed by atoms with Crippen LogP contribution in [0.2, 0.25) is 0 Å². The molecule has 0 aliphatic carbocycles. The van der Waals surface area contributed by atoms with E-state index in [9.17, 15) is 10.2 Å². The molecule has 1 aliphatic rings. The number of unbranched alkanes of at least 4 members (excludes halogenated alkanes) is 5. The van der Waals surface area contributed by atoms with Crippen molar-refractivity contribution in [2.75, 3.05) is 31.2 Å². The van der Waals surface area contributed by atoms with Gasteiger partial charge < -0.3 is 20.8 Å². The van der Waals surface area contributed by atoms with Gasteiger partial charge in [0.1, 0.15) is 0 Å². The number of hydrogen-bond acceptors (Lipinski definition) is 4. The normalized spacial score (nSPS) is 14.2. The van der Waals surface area contributed by atoms with Crippen LogP contribution < -0.4 is 10.6 Å². The molecule has 0 saturated heterocycles. The zero-order valence-corrected chi connectivity index (χ0v) is 15.1.